The second kappa shape index (κ2) is 5.87. The standard InChI is InChI=1S/C18H20O4/c1-11-14(20)7-8-18(3,4)17(11)15(21)6-5-13-9-16(12(2)19)22-10-13/h5-6,9-10H,7-8H2,1-4H3/b6-5+. The highest BCUT2D eigenvalue weighted by Gasteiger charge is 2.35. The number of rotatable bonds is 4. The van der Waals surface area contributed by atoms with Crippen LogP contribution in [0.2, 0.25) is 0 Å². The van der Waals surface area contributed by atoms with Crippen molar-refractivity contribution in [3.05, 3.63) is 40.9 Å². The molecule has 0 N–H and O–H groups in total. The molecule has 0 saturated heterocycles. The highest BCUT2D eigenvalue weighted by atomic mass is 16.3. The molecule has 0 unspecified atom stereocenters. The molecule has 1 aliphatic carbocycles. The Balaban J connectivity index is 2.27. The first-order valence-corrected chi connectivity index (χ1v) is 7.29. The van der Waals surface area contributed by atoms with Crippen molar-refractivity contribution in [2.45, 2.75) is 40.5 Å². The number of carbonyl (C=O) groups excluding carboxylic acids is 3. The van der Waals surface area contributed by atoms with E-state index >= 15 is 0 Å². The molecule has 1 aromatic heterocycles. The molecule has 4 heteroatoms. The number of hydrogen-bond acceptors (Lipinski definition) is 4. The van der Waals surface area contributed by atoms with E-state index in [1.807, 2.05) is 13.8 Å². The molecule has 0 bridgehead atoms. The molecule has 0 radical (unpaired) electrons. The molecule has 4 nitrogen and oxygen atoms in total. The lowest BCUT2D eigenvalue weighted by Crippen LogP contribution is -2.29. The van der Waals surface area contributed by atoms with Gasteiger partial charge in [0.05, 0.1) is 6.26 Å². The van der Waals surface area contributed by atoms with Crippen LogP contribution in [0.25, 0.3) is 6.08 Å². The van der Waals surface area contributed by atoms with Crippen LogP contribution in [0.15, 0.2) is 34.0 Å². The summed E-state index contributed by atoms with van der Waals surface area (Å²) in [5.74, 6) is -0.0291. The second-order valence-electron chi connectivity index (χ2n) is 6.31. The molecule has 0 spiro atoms. The molecule has 1 heterocycles. The van der Waals surface area contributed by atoms with Crippen molar-refractivity contribution in [3.63, 3.8) is 0 Å². The lowest BCUT2D eigenvalue weighted by molar-refractivity contribution is -0.118. The quantitative estimate of drug-likeness (QED) is 0.627. The number of hydrogen-bond donors (Lipinski definition) is 0. The van der Waals surface area contributed by atoms with E-state index in [4.69, 9.17) is 4.42 Å². The van der Waals surface area contributed by atoms with E-state index in [9.17, 15) is 14.4 Å². The van der Waals surface area contributed by atoms with Crippen molar-refractivity contribution in [1.29, 1.82) is 0 Å². The number of Topliss-reactive ketones (excluding diaryl/α,β-unsaturated/α-hetero) is 2. The summed E-state index contributed by atoms with van der Waals surface area (Å²) in [5.41, 5.74) is 1.48. The Hall–Kier alpha value is -2.23. The van der Waals surface area contributed by atoms with Crippen molar-refractivity contribution >= 4 is 23.4 Å². The zero-order chi connectivity index (χ0) is 16.5. The third-order valence-electron chi connectivity index (χ3n) is 4.09. The van der Waals surface area contributed by atoms with E-state index in [1.165, 1.54) is 19.3 Å². The highest BCUT2D eigenvalue weighted by molar-refractivity contribution is 6.13. The van der Waals surface area contributed by atoms with Gasteiger partial charge in [0.1, 0.15) is 0 Å². The summed E-state index contributed by atoms with van der Waals surface area (Å²) in [6.45, 7) is 7.10. The minimum Gasteiger partial charge on any atom is -0.461 e. The fraction of sp³-hybridized carbons (Fsp3) is 0.389. The van der Waals surface area contributed by atoms with Gasteiger partial charge in [-0.15, -0.1) is 0 Å². The molecule has 1 aliphatic rings. The van der Waals surface area contributed by atoms with E-state index in [2.05, 4.69) is 0 Å². The van der Waals surface area contributed by atoms with Crippen LogP contribution in [0.1, 0.15) is 56.7 Å². The number of carbonyl (C=O) groups is 3. The summed E-state index contributed by atoms with van der Waals surface area (Å²) in [7, 11) is 0. The molecule has 0 saturated carbocycles. The van der Waals surface area contributed by atoms with Crippen LogP contribution in [0.5, 0.6) is 0 Å². The van der Waals surface area contributed by atoms with Gasteiger partial charge in [0.2, 0.25) is 0 Å². The van der Waals surface area contributed by atoms with Crippen LogP contribution in [-0.2, 0) is 9.59 Å². The van der Waals surface area contributed by atoms with Crippen LogP contribution in [0.3, 0.4) is 0 Å². The molecule has 22 heavy (non-hydrogen) atoms. The summed E-state index contributed by atoms with van der Waals surface area (Å²) in [5, 5.41) is 0. The number of allylic oxidation sites excluding steroid dienone is 3. The second-order valence-corrected chi connectivity index (χ2v) is 6.31. The van der Waals surface area contributed by atoms with Crippen LogP contribution < -0.4 is 0 Å². The van der Waals surface area contributed by atoms with Crippen molar-refractivity contribution in [2.75, 3.05) is 0 Å². The number of ketones is 3. The van der Waals surface area contributed by atoms with Crippen LogP contribution >= 0.6 is 0 Å². The lowest BCUT2D eigenvalue weighted by atomic mass is 9.70. The number of furan rings is 1. The largest absolute Gasteiger partial charge is 0.461 e. The van der Waals surface area contributed by atoms with Crippen LogP contribution in [0.4, 0.5) is 0 Å². The van der Waals surface area contributed by atoms with E-state index < -0.39 is 0 Å². The molecule has 0 amide bonds. The summed E-state index contributed by atoms with van der Waals surface area (Å²) in [6, 6.07) is 1.59. The van der Waals surface area contributed by atoms with Crippen LogP contribution in [-0.4, -0.2) is 17.3 Å². The van der Waals surface area contributed by atoms with Crippen molar-refractivity contribution < 1.29 is 18.8 Å². The van der Waals surface area contributed by atoms with Gasteiger partial charge in [-0.25, -0.2) is 0 Å². The first-order chi connectivity index (χ1) is 10.2. The molecular weight excluding hydrogens is 280 g/mol. The molecule has 2 rings (SSSR count). The third kappa shape index (κ3) is 3.16. The fourth-order valence-corrected chi connectivity index (χ4v) is 2.78. The Morgan fingerprint density at radius 1 is 1.32 bits per heavy atom. The van der Waals surface area contributed by atoms with Gasteiger partial charge in [-0.3, -0.25) is 14.4 Å². The first-order valence-electron chi connectivity index (χ1n) is 7.29. The maximum atomic E-state index is 12.5. The molecule has 0 fully saturated rings. The maximum absolute atomic E-state index is 12.5. The van der Waals surface area contributed by atoms with Crippen LogP contribution in [0, 0.1) is 5.41 Å². The Bertz CT molecular complexity index is 698. The Kier molecular flexibility index (Phi) is 4.31. The molecule has 116 valence electrons. The average Bonchev–Trinajstić information content (AvgIpc) is 2.90. The van der Waals surface area contributed by atoms with Gasteiger partial charge in [-0.1, -0.05) is 13.8 Å². The van der Waals surface area contributed by atoms with Gasteiger partial charge in [-0.2, -0.15) is 0 Å². The first kappa shape index (κ1) is 16.1. The van der Waals surface area contributed by atoms with Crippen molar-refractivity contribution in [3.8, 4) is 0 Å². The zero-order valence-corrected chi connectivity index (χ0v) is 13.4. The van der Waals surface area contributed by atoms with E-state index in [1.54, 1.807) is 19.1 Å². The topological polar surface area (TPSA) is 64.3 Å². The molecule has 0 atom stereocenters. The summed E-state index contributed by atoms with van der Waals surface area (Å²) in [4.78, 5) is 35.5. The highest BCUT2D eigenvalue weighted by Crippen LogP contribution is 2.39. The van der Waals surface area contributed by atoms with Gasteiger partial charge in [0, 0.05) is 24.5 Å². The summed E-state index contributed by atoms with van der Waals surface area (Å²) >= 11 is 0. The minimum absolute atomic E-state index is 0.0400. The fourth-order valence-electron chi connectivity index (χ4n) is 2.78. The van der Waals surface area contributed by atoms with E-state index in [0.717, 1.165) is 0 Å². The molecule has 0 aromatic carbocycles. The lowest BCUT2D eigenvalue weighted by Gasteiger charge is -2.32. The van der Waals surface area contributed by atoms with Crippen molar-refractivity contribution in [1.82, 2.24) is 0 Å². The normalized spacial score (nSPS) is 18.1. The van der Waals surface area contributed by atoms with E-state index in [0.29, 0.717) is 29.6 Å². The third-order valence-corrected chi connectivity index (χ3v) is 4.09. The Morgan fingerprint density at radius 2 is 2.00 bits per heavy atom. The van der Waals surface area contributed by atoms with Gasteiger partial charge < -0.3 is 4.42 Å². The predicted molar refractivity (Wildman–Crippen MR) is 83.5 cm³/mol. The maximum Gasteiger partial charge on any atom is 0.194 e. The molecular formula is C18H20O4. The average molecular weight is 300 g/mol. The Labute approximate surface area is 129 Å². The van der Waals surface area contributed by atoms with Gasteiger partial charge >= 0.3 is 0 Å². The van der Waals surface area contributed by atoms with E-state index in [-0.39, 0.29) is 28.5 Å². The van der Waals surface area contributed by atoms with Gasteiger partial charge in [0.15, 0.2) is 23.1 Å². The zero-order valence-electron chi connectivity index (χ0n) is 13.4. The monoisotopic (exact) mass is 300 g/mol. The van der Waals surface area contributed by atoms with Crippen molar-refractivity contribution in [2.24, 2.45) is 5.41 Å². The Morgan fingerprint density at radius 3 is 2.59 bits per heavy atom. The summed E-state index contributed by atoms with van der Waals surface area (Å²) < 4.78 is 5.10. The smallest absolute Gasteiger partial charge is 0.194 e. The van der Waals surface area contributed by atoms with Gasteiger partial charge in [-0.05, 0) is 42.6 Å². The minimum atomic E-state index is -0.305. The molecule has 1 aromatic rings. The van der Waals surface area contributed by atoms with Gasteiger partial charge in [0.25, 0.3) is 0 Å². The SMILES string of the molecule is CC(=O)c1cc(/C=C/C(=O)C2=C(C)C(=O)CCC2(C)C)co1. The summed E-state index contributed by atoms with van der Waals surface area (Å²) in [6.07, 6.45) is 5.64. The predicted octanol–water partition coefficient (Wildman–Crippen LogP) is 3.77. The molecule has 0 aliphatic heterocycles.